The van der Waals surface area contributed by atoms with E-state index in [0.29, 0.717) is 0 Å². The molecule has 0 aromatic rings. The van der Waals surface area contributed by atoms with Crippen molar-refractivity contribution in [3.8, 4) is 0 Å². The van der Waals surface area contributed by atoms with E-state index in [4.69, 9.17) is 5.73 Å². The minimum absolute atomic E-state index is 0.289. The Morgan fingerprint density at radius 3 is 1.35 bits per heavy atom. The number of carbonyl (C=O) groups is 1. The van der Waals surface area contributed by atoms with E-state index in [1.165, 1.54) is 83.6 Å². The highest BCUT2D eigenvalue weighted by atomic mass is 16.7. The van der Waals surface area contributed by atoms with E-state index in [0.717, 1.165) is 18.8 Å². The predicted octanol–water partition coefficient (Wildman–Crippen LogP) is 3.50. The minimum atomic E-state index is -1.40. The van der Waals surface area contributed by atoms with Crippen LogP contribution in [0.15, 0.2) is 0 Å². The summed E-state index contributed by atoms with van der Waals surface area (Å²) in [7, 11) is 11.9. The van der Waals surface area contributed by atoms with Crippen LogP contribution in [0.1, 0.15) is 89.9 Å². The Morgan fingerprint density at radius 1 is 0.742 bits per heavy atom. The van der Waals surface area contributed by atoms with Gasteiger partial charge in [-0.2, -0.15) is 0 Å². The van der Waals surface area contributed by atoms with Crippen molar-refractivity contribution in [1.82, 2.24) is 9.80 Å². The van der Waals surface area contributed by atoms with Gasteiger partial charge in [0.2, 0.25) is 0 Å². The molecule has 186 valence electrons. The molecule has 0 spiro atoms. The van der Waals surface area contributed by atoms with Crippen molar-refractivity contribution in [2.45, 2.75) is 89.9 Å². The van der Waals surface area contributed by atoms with Gasteiger partial charge in [0.05, 0.1) is 28.2 Å². The summed E-state index contributed by atoms with van der Waals surface area (Å²) < 4.78 is 6.23. The van der Waals surface area contributed by atoms with Crippen molar-refractivity contribution < 1.29 is 19.2 Å². The smallest absolute Gasteiger partial charge is 0.344 e. The summed E-state index contributed by atoms with van der Waals surface area (Å²) in [5.74, 6) is 0.769. The summed E-state index contributed by atoms with van der Waals surface area (Å²) in [6.07, 6.45) is 16.7. The maximum Gasteiger partial charge on any atom is 0.344 e. The number of nitrogens with zero attached hydrogens (tertiary/aromatic N) is 3. The zero-order chi connectivity index (χ0) is 23.9. The van der Waals surface area contributed by atoms with Crippen LogP contribution in [0.2, 0.25) is 0 Å². The second-order valence-electron chi connectivity index (χ2n) is 9.00. The van der Waals surface area contributed by atoms with E-state index in [-0.39, 0.29) is 6.61 Å². The third kappa shape index (κ3) is 28.5. The molecule has 0 saturated carbocycles. The van der Waals surface area contributed by atoms with Gasteiger partial charge in [-0.15, -0.1) is 0 Å². The Balaban J connectivity index is 0. The molecule has 0 amide bonds. The number of guanidine groups is 1. The molecule has 0 bridgehead atoms. The van der Waals surface area contributed by atoms with E-state index in [2.05, 4.69) is 23.7 Å². The average Bonchev–Trinajstić information content (AvgIpc) is 2.69. The SMILES string of the molecule is CN(C)C(N)=[N+](C)C.CN(C)CCCCCCCCCCCCCCCCOC(=O)[O-]. The molecule has 0 unspecified atom stereocenters. The second-order valence-corrected chi connectivity index (χ2v) is 9.00. The largest absolute Gasteiger partial charge is 0.550 e. The lowest BCUT2D eigenvalue weighted by Gasteiger charge is -2.08. The molecule has 31 heavy (non-hydrogen) atoms. The molecule has 0 aromatic carbocycles. The van der Waals surface area contributed by atoms with Crippen LogP contribution in [0, 0.1) is 0 Å². The molecule has 0 rings (SSSR count). The normalized spacial score (nSPS) is 10.4. The summed E-state index contributed by atoms with van der Waals surface area (Å²) in [6, 6.07) is 0. The van der Waals surface area contributed by atoms with Crippen LogP contribution in [0.25, 0.3) is 0 Å². The van der Waals surface area contributed by atoms with Crippen molar-refractivity contribution in [3.05, 3.63) is 0 Å². The van der Waals surface area contributed by atoms with Gasteiger partial charge in [0.15, 0.2) is 0 Å². The van der Waals surface area contributed by atoms with Crippen molar-refractivity contribution in [2.24, 2.45) is 5.73 Å². The number of carbonyl (C=O) groups excluding carboxylic acids is 1. The van der Waals surface area contributed by atoms with Crippen molar-refractivity contribution in [1.29, 1.82) is 0 Å². The van der Waals surface area contributed by atoms with Gasteiger partial charge in [-0.3, -0.25) is 15.2 Å². The maximum absolute atomic E-state index is 10.0. The van der Waals surface area contributed by atoms with Gasteiger partial charge < -0.3 is 19.5 Å². The lowest BCUT2D eigenvalue weighted by molar-refractivity contribution is -0.470. The number of carboxylic acid groups (broad SMARTS) is 1. The molecule has 0 aliphatic rings. The molecular weight excluding hydrogens is 392 g/mol. The zero-order valence-corrected chi connectivity index (χ0v) is 21.5. The number of hydrogen-bond donors (Lipinski definition) is 1. The molecule has 0 fully saturated rings. The Bertz CT molecular complexity index is 437. The van der Waals surface area contributed by atoms with Gasteiger partial charge in [-0.05, 0) is 33.5 Å². The second kappa shape index (κ2) is 23.2. The van der Waals surface area contributed by atoms with Crippen LogP contribution in [-0.4, -0.2) is 81.9 Å². The number of ether oxygens (including phenoxy) is 1. The minimum Gasteiger partial charge on any atom is -0.550 e. The Hall–Kier alpha value is -1.50. The first-order valence-electron chi connectivity index (χ1n) is 12.1. The van der Waals surface area contributed by atoms with Crippen molar-refractivity contribution >= 4 is 12.1 Å². The fraction of sp³-hybridized carbons (Fsp3) is 0.917. The quantitative estimate of drug-likeness (QED) is 0.121. The number of hydrogen-bond acceptors (Lipinski definition) is 4. The molecule has 7 nitrogen and oxygen atoms in total. The van der Waals surface area contributed by atoms with E-state index < -0.39 is 6.16 Å². The molecule has 0 aliphatic heterocycles. The summed E-state index contributed by atoms with van der Waals surface area (Å²) in [4.78, 5) is 14.2. The summed E-state index contributed by atoms with van der Waals surface area (Å²) in [6.45, 7) is 1.52. The molecule has 7 heteroatoms. The molecule has 0 radical (unpaired) electrons. The Kier molecular flexibility index (Phi) is 23.7. The molecule has 0 heterocycles. The fourth-order valence-electron chi connectivity index (χ4n) is 3.21. The zero-order valence-electron chi connectivity index (χ0n) is 21.5. The van der Waals surface area contributed by atoms with Crippen LogP contribution >= 0.6 is 0 Å². The number of unbranched alkanes of at least 4 members (excludes halogenated alkanes) is 13. The third-order valence-electron chi connectivity index (χ3n) is 5.14. The summed E-state index contributed by atoms with van der Waals surface area (Å²) in [5.41, 5.74) is 5.53. The third-order valence-corrected chi connectivity index (χ3v) is 5.14. The van der Waals surface area contributed by atoms with E-state index in [1.54, 1.807) is 0 Å². The van der Waals surface area contributed by atoms with E-state index in [9.17, 15) is 9.90 Å². The summed E-state index contributed by atoms with van der Waals surface area (Å²) in [5, 5.41) is 10.0. The van der Waals surface area contributed by atoms with Gasteiger partial charge >= 0.3 is 5.96 Å². The van der Waals surface area contributed by atoms with Gasteiger partial charge in [0, 0.05) is 6.61 Å². The van der Waals surface area contributed by atoms with E-state index >= 15 is 0 Å². The molecular formula is C24H52N4O3. The first kappa shape index (κ1) is 31.7. The molecule has 0 aliphatic carbocycles. The summed E-state index contributed by atoms with van der Waals surface area (Å²) >= 11 is 0. The van der Waals surface area contributed by atoms with Crippen molar-refractivity contribution in [3.63, 3.8) is 0 Å². The Morgan fingerprint density at radius 2 is 1.10 bits per heavy atom. The molecule has 0 aromatic heterocycles. The highest BCUT2D eigenvalue weighted by Crippen LogP contribution is 2.13. The highest BCUT2D eigenvalue weighted by molar-refractivity contribution is 5.72. The number of nitrogens with two attached hydrogens (primary N) is 1. The van der Waals surface area contributed by atoms with Gasteiger partial charge in [0.1, 0.15) is 0 Å². The van der Waals surface area contributed by atoms with E-state index in [1.807, 2.05) is 37.7 Å². The topological polar surface area (TPSA) is 84.9 Å². The molecule has 0 atom stereocenters. The highest BCUT2D eigenvalue weighted by Gasteiger charge is 2.00. The van der Waals surface area contributed by atoms with Gasteiger partial charge in [-0.25, -0.2) is 0 Å². The average molecular weight is 445 g/mol. The van der Waals surface area contributed by atoms with Gasteiger partial charge in [0.25, 0.3) is 6.16 Å². The first-order valence-corrected chi connectivity index (χ1v) is 12.1. The van der Waals surface area contributed by atoms with Crippen LogP contribution in [0.3, 0.4) is 0 Å². The Labute approximate surface area is 192 Å². The maximum atomic E-state index is 10.0. The van der Waals surface area contributed by atoms with Crippen LogP contribution in [-0.2, 0) is 4.74 Å². The lowest BCUT2D eigenvalue weighted by atomic mass is 10.0. The lowest BCUT2D eigenvalue weighted by Crippen LogP contribution is -2.36. The van der Waals surface area contributed by atoms with Crippen molar-refractivity contribution in [2.75, 3.05) is 55.4 Å². The standard InChI is InChI=1S/C19H39NO3.C5H13N3/c1-20(2)17-15-13-11-9-7-5-3-4-6-8-10-12-14-16-18-23-19(21)22;1-7(2)5(6)8(3)4/h3-18H2,1-2H3,(H,21,22);6H,1-4H3. The first-order chi connectivity index (χ1) is 14.7. The van der Waals surface area contributed by atoms with Crippen LogP contribution in [0.5, 0.6) is 0 Å². The van der Waals surface area contributed by atoms with Gasteiger partial charge in [-0.1, -0.05) is 77.0 Å². The molecule has 2 N–H and O–H groups in total. The molecule has 0 saturated heterocycles. The fourth-order valence-corrected chi connectivity index (χ4v) is 3.21. The number of rotatable bonds is 17. The van der Waals surface area contributed by atoms with Crippen LogP contribution < -0.4 is 10.8 Å². The predicted molar refractivity (Wildman–Crippen MR) is 130 cm³/mol. The monoisotopic (exact) mass is 444 g/mol. The van der Waals surface area contributed by atoms with Crippen LogP contribution in [0.4, 0.5) is 4.79 Å².